The molecule has 1 aliphatic heterocycles. The summed E-state index contributed by atoms with van der Waals surface area (Å²) in [7, 11) is 4.24. The number of nitrogens with one attached hydrogen (secondary N) is 2. The van der Waals surface area contributed by atoms with Crippen molar-refractivity contribution < 1.29 is 9.53 Å². The van der Waals surface area contributed by atoms with Crippen molar-refractivity contribution in [3.63, 3.8) is 0 Å². The lowest BCUT2D eigenvalue weighted by molar-refractivity contribution is 0.0963. The van der Waals surface area contributed by atoms with E-state index in [-0.39, 0.29) is 6.09 Å². The number of hydrogen-bond acceptors (Lipinski definition) is 4. The highest BCUT2D eigenvalue weighted by atomic mass is 16.6. The van der Waals surface area contributed by atoms with Crippen molar-refractivity contribution in [2.45, 2.75) is 59.0 Å². The Morgan fingerprint density at radius 1 is 1.27 bits per heavy atom. The molecule has 7 nitrogen and oxygen atoms in total. The van der Waals surface area contributed by atoms with E-state index in [1.54, 1.807) is 4.90 Å². The first-order valence-corrected chi connectivity index (χ1v) is 10.00. The number of likely N-dealkylation sites (tertiary alicyclic amines) is 1. The van der Waals surface area contributed by atoms with E-state index in [9.17, 15) is 4.79 Å². The Balaban J connectivity index is 2.55. The molecule has 1 amide bonds. The van der Waals surface area contributed by atoms with E-state index in [4.69, 9.17) is 9.73 Å². The van der Waals surface area contributed by atoms with Crippen molar-refractivity contribution in [1.29, 1.82) is 0 Å². The van der Waals surface area contributed by atoms with Crippen molar-refractivity contribution in [3.8, 4) is 0 Å². The van der Waals surface area contributed by atoms with Crippen molar-refractivity contribution in [3.05, 3.63) is 0 Å². The number of rotatable bonds is 8. The first-order valence-electron chi connectivity index (χ1n) is 10.00. The topological polar surface area (TPSA) is 69.2 Å². The molecule has 1 rings (SSSR count). The second-order valence-electron chi connectivity index (χ2n) is 7.57. The normalized spacial score (nSPS) is 17.5. The lowest BCUT2D eigenvalue weighted by Gasteiger charge is -2.32. The van der Waals surface area contributed by atoms with Crippen LogP contribution in [0.25, 0.3) is 0 Å². The predicted molar refractivity (Wildman–Crippen MR) is 108 cm³/mol. The van der Waals surface area contributed by atoms with Gasteiger partial charge < -0.3 is 25.2 Å². The summed E-state index contributed by atoms with van der Waals surface area (Å²) in [4.78, 5) is 20.7. The summed E-state index contributed by atoms with van der Waals surface area (Å²) in [5, 5.41) is 6.88. The third kappa shape index (κ3) is 8.25. The van der Waals surface area contributed by atoms with Gasteiger partial charge in [-0.1, -0.05) is 13.8 Å². The number of ether oxygens (including phenoxy) is 1. The third-order valence-corrected chi connectivity index (χ3v) is 4.64. The van der Waals surface area contributed by atoms with Crippen LogP contribution in [-0.4, -0.2) is 80.8 Å². The number of hydrogen-bond donors (Lipinski definition) is 2. The van der Waals surface area contributed by atoms with E-state index in [1.807, 2.05) is 6.92 Å². The minimum absolute atomic E-state index is 0.200. The average Bonchev–Trinajstić information content (AvgIpc) is 2.59. The molecule has 1 aliphatic rings. The van der Waals surface area contributed by atoms with Crippen LogP contribution in [0, 0.1) is 5.92 Å². The molecule has 1 saturated heterocycles. The van der Waals surface area contributed by atoms with Crippen LogP contribution in [0.5, 0.6) is 0 Å². The van der Waals surface area contributed by atoms with Gasteiger partial charge in [-0.15, -0.1) is 0 Å². The molecule has 0 aromatic rings. The van der Waals surface area contributed by atoms with E-state index in [0.29, 0.717) is 24.6 Å². The zero-order valence-electron chi connectivity index (χ0n) is 17.5. The van der Waals surface area contributed by atoms with Gasteiger partial charge in [0, 0.05) is 31.7 Å². The van der Waals surface area contributed by atoms with Crippen molar-refractivity contribution >= 4 is 12.1 Å². The van der Waals surface area contributed by atoms with Gasteiger partial charge in [-0.25, -0.2) is 4.79 Å². The van der Waals surface area contributed by atoms with Gasteiger partial charge >= 0.3 is 6.09 Å². The number of aliphatic imine (C=N–C) groups is 1. The molecule has 1 atom stereocenters. The van der Waals surface area contributed by atoms with Crippen molar-refractivity contribution in [2.24, 2.45) is 10.9 Å². The van der Waals surface area contributed by atoms with Gasteiger partial charge in [0.05, 0.1) is 13.2 Å². The van der Waals surface area contributed by atoms with Gasteiger partial charge in [-0.05, 0) is 53.1 Å². The minimum atomic E-state index is -0.200. The van der Waals surface area contributed by atoms with Crippen LogP contribution in [-0.2, 0) is 4.74 Å². The summed E-state index contributed by atoms with van der Waals surface area (Å²) >= 11 is 0. The Kier molecular flexibility index (Phi) is 10.4. The first-order chi connectivity index (χ1) is 12.4. The van der Waals surface area contributed by atoms with Gasteiger partial charge in [0.25, 0.3) is 0 Å². The molecule has 1 unspecified atom stereocenters. The fourth-order valence-electron chi connectivity index (χ4n) is 3.12. The van der Waals surface area contributed by atoms with E-state index < -0.39 is 0 Å². The van der Waals surface area contributed by atoms with Gasteiger partial charge in [-0.3, -0.25) is 4.99 Å². The SMILES string of the molecule is CCNC(=NCC(CC(C)C)N(C)C)NC1CCN(C(=O)OCC)CC1. The van der Waals surface area contributed by atoms with E-state index in [2.05, 4.69) is 50.4 Å². The van der Waals surface area contributed by atoms with E-state index in [0.717, 1.165) is 51.4 Å². The molecule has 0 saturated carbocycles. The van der Waals surface area contributed by atoms with Gasteiger partial charge in [0.2, 0.25) is 0 Å². The zero-order chi connectivity index (χ0) is 19.5. The fourth-order valence-corrected chi connectivity index (χ4v) is 3.12. The van der Waals surface area contributed by atoms with Gasteiger partial charge in [-0.2, -0.15) is 0 Å². The van der Waals surface area contributed by atoms with Crippen LogP contribution in [0.4, 0.5) is 4.79 Å². The largest absolute Gasteiger partial charge is 0.450 e. The lowest BCUT2D eigenvalue weighted by atomic mass is 10.0. The summed E-state index contributed by atoms with van der Waals surface area (Å²) in [6, 6.07) is 0.775. The van der Waals surface area contributed by atoms with Gasteiger partial charge in [0.1, 0.15) is 0 Å². The fraction of sp³-hybridized carbons (Fsp3) is 0.895. The summed E-state index contributed by atoms with van der Waals surface area (Å²) in [5.74, 6) is 1.53. The highest BCUT2D eigenvalue weighted by Gasteiger charge is 2.24. The molecule has 26 heavy (non-hydrogen) atoms. The lowest BCUT2D eigenvalue weighted by Crippen LogP contribution is -2.50. The number of amides is 1. The second-order valence-corrected chi connectivity index (χ2v) is 7.57. The van der Waals surface area contributed by atoms with Crippen LogP contribution >= 0.6 is 0 Å². The number of guanidine groups is 1. The maximum atomic E-state index is 11.8. The molecule has 0 spiro atoms. The Bertz CT molecular complexity index is 432. The minimum Gasteiger partial charge on any atom is -0.450 e. The van der Waals surface area contributed by atoms with Gasteiger partial charge in [0.15, 0.2) is 5.96 Å². The summed E-state index contributed by atoms with van der Waals surface area (Å²) in [6.45, 7) is 11.9. The smallest absolute Gasteiger partial charge is 0.409 e. The monoisotopic (exact) mass is 369 g/mol. The van der Waals surface area contributed by atoms with Crippen LogP contribution in [0.2, 0.25) is 0 Å². The molecule has 0 aliphatic carbocycles. The maximum Gasteiger partial charge on any atom is 0.409 e. The molecular weight excluding hydrogens is 330 g/mol. The standard InChI is InChI=1S/C19H39N5O2/c1-7-20-18(21-14-17(23(5)6)13-15(3)4)22-16-9-11-24(12-10-16)19(25)26-8-2/h15-17H,7-14H2,1-6H3,(H2,20,21,22). The maximum absolute atomic E-state index is 11.8. The van der Waals surface area contributed by atoms with E-state index in [1.165, 1.54) is 0 Å². The number of carbonyl (C=O) groups is 1. The molecule has 0 aromatic carbocycles. The number of carbonyl (C=O) groups excluding carboxylic acids is 1. The van der Waals surface area contributed by atoms with E-state index >= 15 is 0 Å². The number of piperidine rings is 1. The molecule has 0 aromatic heterocycles. The van der Waals surface area contributed by atoms with Crippen molar-refractivity contribution in [2.75, 3.05) is 46.9 Å². The molecule has 0 radical (unpaired) electrons. The first kappa shape index (κ1) is 22.5. The molecule has 1 heterocycles. The predicted octanol–water partition coefficient (Wildman–Crippen LogP) is 2.14. The summed E-state index contributed by atoms with van der Waals surface area (Å²) in [6.07, 6.45) is 2.75. The molecular formula is C19H39N5O2. The van der Waals surface area contributed by atoms with Crippen LogP contribution in [0.3, 0.4) is 0 Å². The quantitative estimate of drug-likeness (QED) is 0.507. The molecule has 7 heteroatoms. The molecule has 152 valence electrons. The second kappa shape index (κ2) is 12.0. The van der Waals surface area contributed by atoms with Crippen molar-refractivity contribution in [1.82, 2.24) is 20.4 Å². The number of likely N-dealkylation sites (N-methyl/N-ethyl adjacent to an activating group) is 1. The molecule has 2 N–H and O–H groups in total. The Morgan fingerprint density at radius 3 is 2.42 bits per heavy atom. The molecule has 1 fully saturated rings. The Labute approximate surface area is 159 Å². The summed E-state index contributed by atoms with van der Waals surface area (Å²) < 4.78 is 5.08. The highest BCUT2D eigenvalue weighted by Crippen LogP contribution is 2.12. The highest BCUT2D eigenvalue weighted by molar-refractivity contribution is 5.80. The Morgan fingerprint density at radius 2 is 1.92 bits per heavy atom. The number of nitrogens with zero attached hydrogens (tertiary/aromatic N) is 3. The molecule has 0 bridgehead atoms. The summed E-state index contributed by atoms with van der Waals surface area (Å²) in [5.41, 5.74) is 0. The zero-order valence-corrected chi connectivity index (χ0v) is 17.5. The van der Waals surface area contributed by atoms with Crippen LogP contribution in [0.15, 0.2) is 4.99 Å². The van der Waals surface area contributed by atoms with Crippen LogP contribution in [0.1, 0.15) is 47.0 Å². The van der Waals surface area contributed by atoms with Crippen LogP contribution < -0.4 is 10.6 Å². The average molecular weight is 370 g/mol. The Hall–Kier alpha value is -1.50. The third-order valence-electron chi connectivity index (χ3n) is 4.64.